The number of methoxy groups -OCH3 is 1. The van der Waals surface area contributed by atoms with Gasteiger partial charge in [0.05, 0.1) is 18.6 Å². The van der Waals surface area contributed by atoms with E-state index in [1.165, 1.54) is 0 Å². The van der Waals surface area contributed by atoms with Gasteiger partial charge in [-0.3, -0.25) is 9.89 Å². The Hall–Kier alpha value is -2.86. The molecule has 0 bridgehead atoms. The van der Waals surface area contributed by atoms with Crippen LogP contribution in [0.1, 0.15) is 27.9 Å². The molecular formula is C18H17N3O3. The summed E-state index contributed by atoms with van der Waals surface area (Å²) in [5, 5.41) is 7.30. The van der Waals surface area contributed by atoms with Crippen molar-refractivity contribution in [2.75, 3.05) is 20.3 Å². The number of aromatic nitrogens is 2. The second kappa shape index (κ2) is 5.98. The molecule has 1 aliphatic rings. The van der Waals surface area contributed by atoms with Crippen LogP contribution in [0, 0.1) is 0 Å². The van der Waals surface area contributed by atoms with Crippen molar-refractivity contribution in [1.29, 1.82) is 0 Å². The SMILES string of the molecule is COCCN1C(=O)c2[nH]nc(-c3ccccc3)c2C1c1ccco1. The highest BCUT2D eigenvalue weighted by molar-refractivity contribution is 6.00. The van der Waals surface area contributed by atoms with Gasteiger partial charge in [0.25, 0.3) is 5.91 Å². The number of ether oxygens (including phenoxy) is 1. The molecule has 1 aromatic carbocycles. The number of benzene rings is 1. The Labute approximate surface area is 139 Å². The van der Waals surface area contributed by atoms with Gasteiger partial charge in [0.15, 0.2) is 0 Å². The number of aromatic amines is 1. The summed E-state index contributed by atoms with van der Waals surface area (Å²) in [6.07, 6.45) is 1.62. The molecule has 0 saturated carbocycles. The standard InChI is InChI=1S/C18H17N3O3/c1-23-11-9-21-17(13-8-5-10-24-13)14-15(12-6-3-2-4-7-12)19-20-16(14)18(21)22/h2-8,10,17H,9,11H2,1H3,(H,19,20). The van der Waals surface area contributed by atoms with Gasteiger partial charge in [-0.15, -0.1) is 0 Å². The number of hydrogen-bond donors (Lipinski definition) is 1. The van der Waals surface area contributed by atoms with Crippen molar-refractivity contribution in [3.63, 3.8) is 0 Å². The first kappa shape index (κ1) is 14.7. The average molecular weight is 323 g/mol. The normalized spacial score (nSPS) is 16.6. The van der Waals surface area contributed by atoms with E-state index in [0.717, 1.165) is 22.6 Å². The number of nitrogens with zero attached hydrogens (tertiary/aromatic N) is 2. The average Bonchev–Trinajstić information content (AvgIpc) is 3.32. The molecule has 2 aromatic heterocycles. The summed E-state index contributed by atoms with van der Waals surface area (Å²) in [7, 11) is 1.62. The molecule has 1 amide bonds. The molecule has 1 atom stereocenters. The summed E-state index contributed by atoms with van der Waals surface area (Å²) in [5.41, 5.74) is 3.12. The quantitative estimate of drug-likeness (QED) is 0.784. The number of amides is 1. The van der Waals surface area contributed by atoms with Gasteiger partial charge in [0.2, 0.25) is 0 Å². The van der Waals surface area contributed by atoms with E-state index in [2.05, 4.69) is 10.2 Å². The van der Waals surface area contributed by atoms with Crippen LogP contribution in [0.2, 0.25) is 0 Å². The van der Waals surface area contributed by atoms with E-state index < -0.39 is 0 Å². The first-order valence-corrected chi connectivity index (χ1v) is 7.78. The molecule has 6 heteroatoms. The summed E-state index contributed by atoms with van der Waals surface area (Å²) < 4.78 is 10.8. The number of carbonyl (C=O) groups is 1. The molecule has 1 unspecified atom stereocenters. The molecule has 0 saturated heterocycles. The summed E-state index contributed by atoms with van der Waals surface area (Å²) in [5.74, 6) is 0.634. The second-order valence-corrected chi connectivity index (χ2v) is 5.64. The van der Waals surface area contributed by atoms with E-state index >= 15 is 0 Å². The fraction of sp³-hybridized carbons (Fsp3) is 0.222. The third-order valence-electron chi connectivity index (χ3n) is 4.26. The molecule has 3 aromatic rings. The summed E-state index contributed by atoms with van der Waals surface area (Å²) in [4.78, 5) is 14.6. The summed E-state index contributed by atoms with van der Waals surface area (Å²) >= 11 is 0. The minimum Gasteiger partial charge on any atom is -0.467 e. The van der Waals surface area contributed by atoms with Gasteiger partial charge in [-0.2, -0.15) is 5.10 Å². The zero-order valence-corrected chi connectivity index (χ0v) is 13.2. The predicted octanol–water partition coefficient (Wildman–Crippen LogP) is 2.86. The lowest BCUT2D eigenvalue weighted by atomic mass is 10.0. The Morgan fingerprint density at radius 2 is 2.08 bits per heavy atom. The number of carbonyl (C=O) groups excluding carboxylic acids is 1. The van der Waals surface area contributed by atoms with E-state index in [9.17, 15) is 4.79 Å². The van der Waals surface area contributed by atoms with Crippen LogP contribution in [0.4, 0.5) is 0 Å². The van der Waals surface area contributed by atoms with Gasteiger partial charge in [0.1, 0.15) is 17.5 Å². The number of fused-ring (bicyclic) bond motifs is 1. The monoisotopic (exact) mass is 323 g/mol. The van der Waals surface area contributed by atoms with Gasteiger partial charge in [-0.1, -0.05) is 30.3 Å². The van der Waals surface area contributed by atoms with Crippen LogP contribution >= 0.6 is 0 Å². The number of H-pyrrole nitrogens is 1. The summed E-state index contributed by atoms with van der Waals surface area (Å²) in [6, 6.07) is 13.2. The maximum absolute atomic E-state index is 12.8. The minimum atomic E-state index is -0.299. The number of furan rings is 1. The smallest absolute Gasteiger partial charge is 0.273 e. The van der Waals surface area contributed by atoms with Crippen molar-refractivity contribution in [2.24, 2.45) is 0 Å². The van der Waals surface area contributed by atoms with Crippen molar-refractivity contribution in [3.05, 3.63) is 65.7 Å². The van der Waals surface area contributed by atoms with Gasteiger partial charge < -0.3 is 14.1 Å². The molecule has 122 valence electrons. The zero-order chi connectivity index (χ0) is 16.5. The van der Waals surface area contributed by atoms with Crippen LogP contribution in [0.15, 0.2) is 53.1 Å². The molecule has 1 N–H and O–H groups in total. The van der Waals surface area contributed by atoms with Crippen LogP contribution in [0.3, 0.4) is 0 Å². The lowest BCUT2D eigenvalue weighted by molar-refractivity contribution is 0.0660. The highest BCUT2D eigenvalue weighted by atomic mass is 16.5. The van der Waals surface area contributed by atoms with E-state index in [1.807, 2.05) is 42.5 Å². The lowest BCUT2D eigenvalue weighted by Crippen LogP contribution is -2.32. The van der Waals surface area contributed by atoms with Gasteiger partial charge in [-0.05, 0) is 12.1 Å². The van der Waals surface area contributed by atoms with Crippen LogP contribution in [0.25, 0.3) is 11.3 Å². The Bertz CT molecular complexity index is 840. The third-order valence-corrected chi connectivity index (χ3v) is 4.26. The third kappa shape index (κ3) is 2.23. The number of hydrogen-bond acceptors (Lipinski definition) is 4. The van der Waals surface area contributed by atoms with E-state index in [1.54, 1.807) is 18.3 Å². The minimum absolute atomic E-state index is 0.0851. The van der Waals surface area contributed by atoms with Crippen LogP contribution in [-0.4, -0.2) is 41.3 Å². The largest absolute Gasteiger partial charge is 0.467 e. The van der Waals surface area contributed by atoms with Crippen molar-refractivity contribution in [1.82, 2.24) is 15.1 Å². The van der Waals surface area contributed by atoms with Gasteiger partial charge in [0, 0.05) is 24.8 Å². The lowest BCUT2D eigenvalue weighted by Gasteiger charge is -2.24. The van der Waals surface area contributed by atoms with Crippen LogP contribution in [-0.2, 0) is 4.74 Å². The molecule has 3 heterocycles. The highest BCUT2D eigenvalue weighted by Gasteiger charge is 2.43. The fourth-order valence-corrected chi connectivity index (χ4v) is 3.18. The van der Waals surface area contributed by atoms with E-state index in [0.29, 0.717) is 18.8 Å². The van der Waals surface area contributed by atoms with Crippen LogP contribution < -0.4 is 0 Å². The van der Waals surface area contributed by atoms with E-state index in [4.69, 9.17) is 9.15 Å². The molecule has 0 aliphatic carbocycles. The molecule has 0 spiro atoms. The van der Waals surface area contributed by atoms with Crippen molar-refractivity contribution in [2.45, 2.75) is 6.04 Å². The Balaban J connectivity index is 1.84. The van der Waals surface area contributed by atoms with Crippen molar-refractivity contribution in [3.8, 4) is 11.3 Å². The zero-order valence-electron chi connectivity index (χ0n) is 13.2. The molecule has 24 heavy (non-hydrogen) atoms. The Morgan fingerprint density at radius 3 is 2.79 bits per heavy atom. The maximum Gasteiger partial charge on any atom is 0.273 e. The highest BCUT2D eigenvalue weighted by Crippen LogP contribution is 2.42. The predicted molar refractivity (Wildman–Crippen MR) is 87.5 cm³/mol. The Morgan fingerprint density at radius 1 is 1.25 bits per heavy atom. The molecule has 6 nitrogen and oxygen atoms in total. The molecular weight excluding hydrogens is 306 g/mol. The molecule has 0 radical (unpaired) electrons. The van der Waals surface area contributed by atoms with Crippen LogP contribution in [0.5, 0.6) is 0 Å². The first-order valence-electron chi connectivity index (χ1n) is 7.78. The van der Waals surface area contributed by atoms with Gasteiger partial charge in [-0.25, -0.2) is 0 Å². The van der Waals surface area contributed by atoms with Crippen molar-refractivity contribution < 1.29 is 13.9 Å². The maximum atomic E-state index is 12.8. The number of nitrogens with one attached hydrogen (secondary N) is 1. The summed E-state index contributed by atoms with van der Waals surface area (Å²) in [6.45, 7) is 0.943. The topological polar surface area (TPSA) is 71.4 Å². The molecule has 4 rings (SSSR count). The van der Waals surface area contributed by atoms with E-state index in [-0.39, 0.29) is 11.9 Å². The first-order chi connectivity index (χ1) is 11.8. The molecule has 1 aliphatic heterocycles. The van der Waals surface area contributed by atoms with Gasteiger partial charge >= 0.3 is 0 Å². The Kier molecular flexibility index (Phi) is 3.66. The second-order valence-electron chi connectivity index (χ2n) is 5.64. The molecule has 0 fully saturated rings. The van der Waals surface area contributed by atoms with Crippen molar-refractivity contribution >= 4 is 5.91 Å². The fourth-order valence-electron chi connectivity index (χ4n) is 3.18. The number of rotatable bonds is 5.